The summed E-state index contributed by atoms with van der Waals surface area (Å²) in [6.45, 7) is 1.58. The van der Waals surface area contributed by atoms with Crippen LogP contribution in [0.2, 0.25) is 0 Å². The number of benzene rings is 2. The number of amides is 2. The van der Waals surface area contributed by atoms with Crippen molar-refractivity contribution in [2.75, 3.05) is 18.4 Å². The molecule has 0 aliphatic heterocycles. The summed E-state index contributed by atoms with van der Waals surface area (Å²) in [6, 6.07) is 6.94. The van der Waals surface area contributed by atoms with E-state index in [1.54, 1.807) is 6.92 Å². The van der Waals surface area contributed by atoms with Gasteiger partial charge >= 0.3 is 0 Å². The normalized spacial score (nSPS) is 11.2. The highest BCUT2D eigenvalue weighted by atomic mass is 32.2. The lowest BCUT2D eigenvalue weighted by Gasteiger charge is -2.22. The minimum absolute atomic E-state index is 0.1000. The number of carbonyl (C=O) groups excluding carboxylic acids is 2. The number of primary sulfonamides is 1. The van der Waals surface area contributed by atoms with E-state index in [0.29, 0.717) is 18.1 Å². The number of nitrogens with two attached hydrogens (primary N) is 1. The quantitative estimate of drug-likeness (QED) is 0.610. The molecule has 0 spiro atoms. The number of nitrogens with one attached hydrogen (secondary N) is 1. The first kappa shape index (κ1) is 23.4. The van der Waals surface area contributed by atoms with Crippen molar-refractivity contribution in [1.82, 2.24) is 4.90 Å². The minimum Gasteiger partial charge on any atom is -0.333 e. The van der Waals surface area contributed by atoms with Crippen molar-refractivity contribution in [3.05, 3.63) is 59.4 Å². The fourth-order valence-corrected chi connectivity index (χ4v) is 3.15. The van der Waals surface area contributed by atoms with E-state index in [1.807, 2.05) is 0 Å². The number of carbonyl (C=O) groups is 2. The molecular weight excluding hydrogens is 423 g/mol. The maximum absolute atomic E-state index is 13.7. The Hall–Kier alpha value is -2.92. The molecule has 0 unspecified atom stereocenters. The predicted octanol–water partition coefficient (Wildman–Crippen LogP) is 2.17. The number of nitrogens with zero attached hydrogens (tertiary/aromatic N) is 1. The topological polar surface area (TPSA) is 110 Å². The summed E-state index contributed by atoms with van der Waals surface area (Å²) in [7, 11) is -3.86. The molecule has 0 radical (unpaired) electrons. The lowest BCUT2D eigenvalue weighted by Crippen LogP contribution is -2.39. The van der Waals surface area contributed by atoms with Gasteiger partial charge in [-0.2, -0.15) is 0 Å². The van der Waals surface area contributed by atoms with Gasteiger partial charge in [-0.05, 0) is 36.2 Å². The van der Waals surface area contributed by atoms with Gasteiger partial charge < -0.3 is 10.2 Å². The molecule has 2 amide bonds. The molecule has 162 valence electrons. The van der Waals surface area contributed by atoms with E-state index in [-0.39, 0.29) is 17.9 Å². The highest BCUT2D eigenvalue weighted by molar-refractivity contribution is 7.89. The Morgan fingerprint density at radius 3 is 2.23 bits per heavy atom. The van der Waals surface area contributed by atoms with Crippen LogP contribution in [0.1, 0.15) is 18.9 Å². The standard InChI is InChI=1S/C19H20F3N3O4S/c1-2-9-25(11-16(26)24-15-8-7-14(20)18(21)19(15)22)17(27)10-12-3-5-13(6-4-12)30(23,28)29/h3-8H,2,9-11H2,1H3,(H,24,26)(H2,23,28,29). The van der Waals surface area contributed by atoms with Gasteiger partial charge in [0.05, 0.1) is 23.5 Å². The van der Waals surface area contributed by atoms with Gasteiger partial charge in [0.15, 0.2) is 17.5 Å². The van der Waals surface area contributed by atoms with Crippen LogP contribution in [-0.4, -0.2) is 38.2 Å². The van der Waals surface area contributed by atoms with Gasteiger partial charge in [-0.15, -0.1) is 0 Å². The summed E-state index contributed by atoms with van der Waals surface area (Å²) in [5.41, 5.74) is -0.0399. The molecule has 0 heterocycles. The van der Waals surface area contributed by atoms with Crippen molar-refractivity contribution in [3.63, 3.8) is 0 Å². The van der Waals surface area contributed by atoms with Crippen molar-refractivity contribution in [3.8, 4) is 0 Å². The smallest absolute Gasteiger partial charge is 0.244 e. The van der Waals surface area contributed by atoms with Crippen LogP contribution in [-0.2, 0) is 26.0 Å². The Kier molecular flexibility index (Phi) is 7.57. The third-order valence-corrected chi connectivity index (χ3v) is 5.03. The number of rotatable bonds is 8. The van der Waals surface area contributed by atoms with Gasteiger partial charge in [0.2, 0.25) is 21.8 Å². The number of hydrogen-bond acceptors (Lipinski definition) is 4. The van der Waals surface area contributed by atoms with Crippen LogP contribution in [0.15, 0.2) is 41.3 Å². The summed E-state index contributed by atoms with van der Waals surface area (Å²) < 4.78 is 62.5. The van der Waals surface area contributed by atoms with Gasteiger partial charge in [-0.1, -0.05) is 19.1 Å². The molecule has 0 atom stereocenters. The number of hydrogen-bond donors (Lipinski definition) is 2. The van der Waals surface area contributed by atoms with Gasteiger partial charge in [0.25, 0.3) is 0 Å². The van der Waals surface area contributed by atoms with Crippen LogP contribution < -0.4 is 10.5 Å². The summed E-state index contributed by atoms with van der Waals surface area (Å²) in [6.07, 6.45) is 0.417. The van der Waals surface area contributed by atoms with Gasteiger partial charge in [-0.25, -0.2) is 26.7 Å². The highest BCUT2D eigenvalue weighted by Crippen LogP contribution is 2.19. The van der Waals surface area contributed by atoms with Gasteiger partial charge in [-0.3, -0.25) is 9.59 Å². The van der Waals surface area contributed by atoms with Crippen molar-refractivity contribution >= 4 is 27.5 Å². The summed E-state index contributed by atoms with van der Waals surface area (Å²) in [5.74, 6) is -5.85. The molecule has 0 fully saturated rings. The molecule has 0 saturated heterocycles. The molecule has 0 bridgehead atoms. The summed E-state index contributed by atoms with van der Waals surface area (Å²) in [4.78, 5) is 25.9. The molecule has 3 N–H and O–H groups in total. The number of halogens is 3. The second-order valence-electron chi connectivity index (χ2n) is 6.45. The SMILES string of the molecule is CCCN(CC(=O)Nc1ccc(F)c(F)c1F)C(=O)Cc1ccc(S(N)(=O)=O)cc1. The Balaban J connectivity index is 2.06. The molecule has 0 aromatic heterocycles. The molecule has 0 aliphatic rings. The zero-order valence-corrected chi connectivity index (χ0v) is 16.8. The fraction of sp³-hybridized carbons (Fsp3) is 0.263. The maximum atomic E-state index is 13.7. The molecule has 0 aliphatic carbocycles. The van der Waals surface area contributed by atoms with Crippen LogP contribution in [0, 0.1) is 17.5 Å². The average Bonchev–Trinajstić information content (AvgIpc) is 2.68. The van der Waals surface area contributed by atoms with E-state index in [4.69, 9.17) is 5.14 Å². The van der Waals surface area contributed by atoms with Gasteiger partial charge in [0, 0.05) is 6.54 Å². The fourth-order valence-electron chi connectivity index (χ4n) is 2.63. The zero-order chi connectivity index (χ0) is 22.5. The van der Waals surface area contributed by atoms with Crippen molar-refractivity contribution in [1.29, 1.82) is 0 Å². The molecule has 11 heteroatoms. The zero-order valence-electron chi connectivity index (χ0n) is 16.0. The van der Waals surface area contributed by atoms with Crippen LogP contribution in [0.5, 0.6) is 0 Å². The second kappa shape index (κ2) is 9.72. The second-order valence-corrected chi connectivity index (χ2v) is 8.01. The first-order chi connectivity index (χ1) is 14.0. The van der Waals surface area contributed by atoms with Gasteiger partial charge in [0.1, 0.15) is 0 Å². The van der Waals surface area contributed by atoms with E-state index >= 15 is 0 Å². The van der Waals surface area contributed by atoms with E-state index in [2.05, 4.69) is 5.32 Å². The average molecular weight is 443 g/mol. The summed E-state index contributed by atoms with van der Waals surface area (Å²) in [5, 5.41) is 7.14. The number of sulfonamides is 1. The van der Waals surface area contributed by atoms with Crippen LogP contribution in [0.4, 0.5) is 18.9 Å². The first-order valence-corrected chi connectivity index (χ1v) is 10.4. The number of anilines is 1. The lowest BCUT2D eigenvalue weighted by atomic mass is 10.1. The van der Waals surface area contributed by atoms with E-state index in [1.165, 1.54) is 29.2 Å². The molecule has 30 heavy (non-hydrogen) atoms. The lowest BCUT2D eigenvalue weighted by molar-refractivity contribution is -0.134. The van der Waals surface area contributed by atoms with Crippen LogP contribution in [0.3, 0.4) is 0 Å². The molecule has 0 saturated carbocycles. The van der Waals surface area contributed by atoms with Crippen LogP contribution >= 0.6 is 0 Å². The Bertz CT molecular complexity index is 1040. The molecule has 2 aromatic carbocycles. The van der Waals surface area contributed by atoms with Crippen LogP contribution in [0.25, 0.3) is 0 Å². The largest absolute Gasteiger partial charge is 0.333 e. The third kappa shape index (κ3) is 6.04. The van der Waals surface area contributed by atoms with Crippen molar-refractivity contribution < 1.29 is 31.2 Å². The minimum atomic E-state index is -3.86. The molecule has 2 rings (SSSR count). The third-order valence-electron chi connectivity index (χ3n) is 4.10. The van der Waals surface area contributed by atoms with E-state index in [0.717, 1.165) is 6.07 Å². The summed E-state index contributed by atoms with van der Waals surface area (Å²) >= 11 is 0. The predicted molar refractivity (Wildman–Crippen MR) is 103 cm³/mol. The monoisotopic (exact) mass is 443 g/mol. The van der Waals surface area contributed by atoms with Crippen molar-refractivity contribution in [2.45, 2.75) is 24.7 Å². The maximum Gasteiger partial charge on any atom is 0.244 e. The van der Waals surface area contributed by atoms with Crippen molar-refractivity contribution in [2.24, 2.45) is 5.14 Å². The first-order valence-electron chi connectivity index (χ1n) is 8.85. The highest BCUT2D eigenvalue weighted by Gasteiger charge is 2.20. The Morgan fingerprint density at radius 2 is 1.67 bits per heavy atom. The van der Waals surface area contributed by atoms with E-state index in [9.17, 15) is 31.2 Å². The Morgan fingerprint density at radius 1 is 1.03 bits per heavy atom. The molecular formula is C19H20F3N3O4S. The van der Waals surface area contributed by atoms with E-state index < -0.39 is 51.5 Å². The molecule has 7 nitrogen and oxygen atoms in total. The Labute approximate surface area is 171 Å². The molecule has 2 aromatic rings.